The van der Waals surface area contributed by atoms with Crippen LogP contribution in [0.3, 0.4) is 0 Å². The standard InChI is InChI=1S/C33H54O13/c1-6-30(2)9-10-32(4)16(11-30)7-8-20-31(3,27(42)17(35)12-33(20,32)5)15-44-29-26(41)24(39)22(37)19(46-29)14-43-28-25(40)23(38)21(36)18(13-34)45-28/h6-7,17-29,34-42H,1,8-15H2,2-5H3/t17-,18-,19-,20+,21-,22-,23+,24-,25-,26+,27+,28+,29-,30+,31-,32+,33+/m1/s1. The third-order valence-electron chi connectivity index (χ3n) is 12.6. The topological polar surface area (TPSA) is 219 Å². The van der Waals surface area contributed by atoms with Gasteiger partial charge in [0, 0.05) is 5.41 Å². The summed E-state index contributed by atoms with van der Waals surface area (Å²) in [6, 6.07) is 0. The Balaban J connectivity index is 1.31. The van der Waals surface area contributed by atoms with Crippen LogP contribution in [0.5, 0.6) is 0 Å². The highest BCUT2D eigenvalue weighted by Gasteiger charge is 2.65. The molecule has 4 fully saturated rings. The van der Waals surface area contributed by atoms with Gasteiger partial charge in [0.2, 0.25) is 0 Å². The van der Waals surface area contributed by atoms with E-state index in [2.05, 4.69) is 33.4 Å². The number of ether oxygens (including phenoxy) is 4. The first-order valence-electron chi connectivity index (χ1n) is 16.4. The summed E-state index contributed by atoms with van der Waals surface area (Å²) >= 11 is 0. The highest BCUT2D eigenvalue weighted by molar-refractivity contribution is 5.31. The predicted octanol–water partition coefficient (Wildman–Crippen LogP) is -0.906. The molecular formula is C33H54O13. The summed E-state index contributed by atoms with van der Waals surface area (Å²) < 4.78 is 22.8. The van der Waals surface area contributed by atoms with Gasteiger partial charge in [-0.05, 0) is 54.3 Å². The maximum atomic E-state index is 11.5. The van der Waals surface area contributed by atoms with Crippen LogP contribution in [0.15, 0.2) is 24.3 Å². The van der Waals surface area contributed by atoms with E-state index in [9.17, 15) is 46.0 Å². The summed E-state index contributed by atoms with van der Waals surface area (Å²) in [5.74, 6) is -0.109. The van der Waals surface area contributed by atoms with Gasteiger partial charge in [-0.1, -0.05) is 45.4 Å². The Morgan fingerprint density at radius 3 is 2.02 bits per heavy atom. The first-order valence-corrected chi connectivity index (χ1v) is 16.4. The van der Waals surface area contributed by atoms with Crippen LogP contribution < -0.4 is 0 Å². The average Bonchev–Trinajstić information content (AvgIpc) is 3.02. The molecule has 0 aromatic carbocycles. The maximum Gasteiger partial charge on any atom is 0.186 e. The lowest BCUT2D eigenvalue weighted by Gasteiger charge is -2.66. The smallest absolute Gasteiger partial charge is 0.186 e. The lowest BCUT2D eigenvalue weighted by molar-refractivity contribution is -0.337. The zero-order valence-electron chi connectivity index (χ0n) is 27.2. The Labute approximate surface area is 270 Å². The molecule has 5 aliphatic rings. The SMILES string of the molecule is C=C[C@@]1(C)CC[C@@]2(C)C(=CC[C@H]3[C@@](C)(CO[C@@H]4O[C@H](CO[C@H]5O[C@H](CO)[C@@H](O)[C@H](O)[C@H]5O)[C@@H](O)[C@@H](O)[C@@H]4O)[C@@H](O)[C@H](O)C[C@@]32C)C1. The zero-order valence-corrected chi connectivity index (χ0v) is 27.2. The molecule has 46 heavy (non-hydrogen) atoms. The molecule has 0 aromatic rings. The molecule has 0 unspecified atom stereocenters. The quantitative estimate of drug-likeness (QED) is 0.145. The molecule has 0 bridgehead atoms. The first-order chi connectivity index (χ1) is 21.5. The number of aliphatic hydroxyl groups excluding tert-OH is 9. The lowest BCUT2D eigenvalue weighted by Crippen LogP contribution is -2.66. The van der Waals surface area contributed by atoms with Crippen molar-refractivity contribution in [1.82, 2.24) is 0 Å². The third-order valence-corrected chi connectivity index (χ3v) is 12.6. The Hall–Kier alpha value is -1.04. The van der Waals surface area contributed by atoms with E-state index >= 15 is 0 Å². The van der Waals surface area contributed by atoms with E-state index in [0.29, 0.717) is 12.8 Å². The van der Waals surface area contributed by atoms with Crippen LogP contribution in [0.25, 0.3) is 0 Å². The fraction of sp³-hybridized carbons (Fsp3) is 0.879. The Kier molecular flexibility index (Phi) is 10.3. The number of fused-ring (bicyclic) bond motifs is 3. The summed E-state index contributed by atoms with van der Waals surface area (Å²) in [6.07, 6.45) is -9.44. The van der Waals surface area contributed by atoms with E-state index < -0.39 is 92.2 Å². The minimum Gasteiger partial charge on any atom is -0.394 e. The molecule has 9 N–H and O–H groups in total. The van der Waals surface area contributed by atoms with Gasteiger partial charge in [-0.25, -0.2) is 0 Å². The fourth-order valence-electron chi connectivity index (χ4n) is 9.03. The summed E-state index contributed by atoms with van der Waals surface area (Å²) in [5.41, 5.74) is -0.258. The van der Waals surface area contributed by atoms with Gasteiger partial charge in [0.15, 0.2) is 12.6 Å². The largest absolute Gasteiger partial charge is 0.394 e. The molecule has 0 radical (unpaired) electrons. The van der Waals surface area contributed by atoms with E-state index in [1.54, 1.807) is 0 Å². The molecule has 264 valence electrons. The van der Waals surface area contributed by atoms with E-state index in [4.69, 9.17) is 18.9 Å². The number of rotatable bonds is 8. The molecule has 0 spiro atoms. The average molecular weight is 659 g/mol. The van der Waals surface area contributed by atoms with E-state index in [0.717, 1.165) is 19.3 Å². The van der Waals surface area contributed by atoms with Crippen molar-refractivity contribution in [3.8, 4) is 0 Å². The van der Waals surface area contributed by atoms with E-state index in [-0.39, 0.29) is 28.8 Å². The summed E-state index contributed by atoms with van der Waals surface area (Å²) in [5, 5.41) is 94.7. The van der Waals surface area contributed by atoms with Gasteiger partial charge in [-0.3, -0.25) is 0 Å². The highest BCUT2D eigenvalue weighted by atomic mass is 16.7. The van der Waals surface area contributed by atoms with Gasteiger partial charge in [-0.2, -0.15) is 0 Å². The van der Waals surface area contributed by atoms with Gasteiger partial charge < -0.3 is 64.9 Å². The molecule has 3 aliphatic carbocycles. The van der Waals surface area contributed by atoms with Crippen LogP contribution in [0.2, 0.25) is 0 Å². The van der Waals surface area contributed by atoms with Crippen LogP contribution in [-0.4, -0.2) is 139 Å². The number of aliphatic hydroxyl groups is 9. The third kappa shape index (κ3) is 5.82. The van der Waals surface area contributed by atoms with Gasteiger partial charge in [0.25, 0.3) is 0 Å². The predicted molar refractivity (Wildman–Crippen MR) is 162 cm³/mol. The van der Waals surface area contributed by atoms with Crippen molar-refractivity contribution in [2.45, 2.75) is 133 Å². The Morgan fingerprint density at radius 1 is 0.826 bits per heavy atom. The van der Waals surface area contributed by atoms with Crippen molar-refractivity contribution in [2.24, 2.45) is 27.6 Å². The molecule has 0 amide bonds. The fourth-order valence-corrected chi connectivity index (χ4v) is 9.03. The van der Waals surface area contributed by atoms with Crippen LogP contribution in [0.4, 0.5) is 0 Å². The molecule has 2 aliphatic heterocycles. The molecule has 2 heterocycles. The van der Waals surface area contributed by atoms with Crippen molar-refractivity contribution in [2.75, 3.05) is 19.8 Å². The van der Waals surface area contributed by atoms with Crippen molar-refractivity contribution < 1.29 is 64.9 Å². The number of hydrogen-bond donors (Lipinski definition) is 9. The minimum atomic E-state index is -1.71. The second-order valence-electron chi connectivity index (χ2n) is 15.4. The molecule has 13 heteroatoms. The zero-order chi connectivity index (χ0) is 34.0. The van der Waals surface area contributed by atoms with Gasteiger partial charge in [-0.15, -0.1) is 6.58 Å². The molecule has 13 nitrogen and oxygen atoms in total. The molecule has 17 atom stereocenters. The van der Waals surface area contributed by atoms with Gasteiger partial charge in [0.1, 0.15) is 48.8 Å². The summed E-state index contributed by atoms with van der Waals surface area (Å²) in [6.45, 7) is 11.3. The minimum absolute atomic E-state index is 0.00331. The van der Waals surface area contributed by atoms with Gasteiger partial charge in [0.05, 0.1) is 32.0 Å². The summed E-state index contributed by atoms with van der Waals surface area (Å²) in [4.78, 5) is 0. The van der Waals surface area contributed by atoms with Crippen LogP contribution >= 0.6 is 0 Å². The van der Waals surface area contributed by atoms with E-state index in [1.165, 1.54) is 5.57 Å². The highest BCUT2D eigenvalue weighted by Crippen LogP contribution is 2.69. The second kappa shape index (κ2) is 13.0. The van der Waals surface area contributed by atoms with Crippen LogP contribution in [-0.2, 0) is 18.9 Å². The van der Waals surface area contributed by atoms with Crippen molar-refractivity contribution in [3.63, 3.8) is 0 Å². The molecule has 0 aromatic heterocycles. The Morgan fingerprint density at radius 2 is 1.41 bits per heavy atom. The first kappa shape index (κ1) is 36.2. The maximum absolute atomic E-state index is 11.5. The van der Waals surface area contributed by atoms with Gasteiger partial charge >= 0.3 is 0 Å². The van der Waals surface area contributed by atoms with Crippen LogP contribution in [0, 0.1) is 27.6 Å². The Bertz CT molecular complexity index is 1130. The molecular weight excluding hydrogens is 604 g/mol. The van der Waals surface area contributed by atoms with Crippen molar-refractivity contribution in [1.29, 1.82) is 0 Å². The normalized spacial score (nSPS) is 54.4. The second-order valence-corrected chi connectivity index (χ2v) is 15.4. The van der Waals surface area contributed by atoms with Crippen molar-refractivity contribution in [3.05, 3.63) is 24.3 Å². The molecule has 2 saturated heterocycles. The summed E-state index contributed by atoms with van der Waals surface area (Å²) in [7, 11) is 0. The molecule has 5 rings (SSSR count). The van der Waals surface area contributed by atoms with Crippen LogP contribution in [0.1, 0.15) is 59.8 Å². The number of allylic oxidation sites excluding steroid dienone is 3. The monoisotopic (exact) mass is 658 g/mol. The number of hydrogen-bond acceptors (Lipinski definition) is 13. The lowest BCUT2D eigenvalue weighted by atomic mass is 9.39. The van der Waals surface area contributed by atoms with E-state index in [1.807, 2.05) is 13.0 Å². The molecule has 2 saturated carbocycles. The van der Waals surface area contributed by atoms with Crippen molar-refractivity contribution >= 4 is 0 Å².